The molecule has 0 saturated heterocycles. The van der Waals surface area contributed by atoms with Crippen LogP contribution >= 0.6 is 0 Å². The average molecular weight is 232 g/mol. The fourth-order valence-electron chi connectivity index (χ4n) is 1.21. The highest BCUT2D eigenvalue weighted by Crippen LogP contribution is 2.17. The van der Waals surface area contributed by atoms with Crippen LogP contribution in [0.2, 0.25) is 0 Å². The molecule has 0 amide bonds. The number of rotatable bonds is 2. The van der Waals surface area contributed by atoms with Crippen molar-refractivity contribution in [2.24, 2.45) is 0 Å². The van der Waals surface area contributed by atoms with Gasteiger partial charge in [-0.3, -0.25) is 0 Å². The van der Waals surface area contributed by atoms with Crippen LogP contribution < -0.4 is 5.32 Å². The Labute approximate surface area is 95.6 Å². The quantitative estimate of drug-likeness (QED) is 0.863. The van der Waals surface area contributed by atoms with E-state index in [9.17, 15) is 8.78 Å². The fraction of sp³-hybridized carbons (Fsp3) is 0. The third kappa shape index (κ3) is 2.52. The normalized spacial score (nSPS) is 9.71. The lowest BCUT2D eigenvalue weighted by molar-refractivity contribution is 0.509. The van der Waals surface area contributed by atoms with E-state index >= 15 is 0 Å². The van der Waals surface area contributed by atoms with Gasteiger partial charge in [0.1, 0.15) is 23.9 Å². The van der Waals surface area contributed by atoms with Gasteiger partial charge in [-0.15, -0.1) is 0 Å². The van der Waals surface area contributed by atoms with Crippen LogP contribution in [-0.2, 0) is 0 Å². The Morgan fingerprint density at radius 1 is 1.12 bits per heavy atom. The van der Waals surface area contributed by atoms with E-state index in [1.54, 1.807) is 0 Å². The highest BCUT2D eigenvalue weighted by Gasteiger charge is 2.03. The van der Waals surface area contributed by atoms with Gasteiger partial charge in [0.25, 0.3) is 0 Å². The largest absolute Gasteiger partial charge is 0.340 e. The summed E-state index contributed by atoms with van der Waals surface area (Å²) >= 11 is 0. The van der Waals surface area contributed by atoms with Gasteiger partial charge in [0.2, 0.25) is 0 Å². The maximum atomic E-state index is 12.9. The van der Waals surface area contributed by atoms with Crippen molar-refractivity contribution < 1.29 is 8.78 Å². The van der Waals surface area contributed by atoms with Gasteiger partial charge in [-0.2, -0.15) is 5.26 Å². The molecule has 0 bridgehead atoms. The molecule has 1 N–H and O–H groups in total. The molecule has 1 aromatic carbocycles. The van der Waals surface area contributed by atoms with E-state index in [0.29, 0.717) is 11.5 Å². The zero-order valence-corrected chi connectivity index (χ0v) is 8.48. The number of nitriles is 1. The van der Waals surface area contributed by atoms with Gasteiger partial charge >= 0.3 is 0 Å². The molecule has 6 heteroatoms. The van der Waals surface area contributed by atoms with E-state index in [1.807, 2.05) is 6.07 Å². The van der Waals surface area contributed by atoms with E-state index < -0.39 is 11.6 Å². The molecule has 1 aromatic heterocycles. The van der Waals surface area contributed by atoms with Gasteiger partial charge in [0.15, 0.2) is 11.6 Å². The van der Waals surface area contributed by atoms with Crippen molar-refractivity contribution in [1.29, 1.82) is 5.26 Å². The van der Waals surface area contributed by atoms with Gasteiger partial charge in [0, 0.05) is 17.8 Å². The Morgan fingerprint density at radius 2 is 1.94 bits per heavy atom. The number of halogens is 2. The molecule has 84 valence electrons. The minimum atomic E-state index is -0.954. The van der Waals surface area contributed by atoms with E-state index in [-0.39, 0.29) is 5.69 Å². The van der Waals surface area contributed by atoms with Gasteiger partial charge in [-0.1, -0.05) is 0 Å². The number of nitrogens with one attached hydrogen (secondary N) is 1. The third-order valence-corrected chi connectivity index (χ3v) is 1.97. The number of hydrogen-bond donors (Lipinski definition) is 1. The zero-order valence-electron chi connectivity index (χ0n) is 8.48. The smallest absolute Gasteiger partial charge is 0.160 e. The number of anilines is 2. The monoisotopic (exact) mass is 232 g/mol. The summed E-state index contributed by atoms with van der Waals surface area (Å²) in [5, 5.41) is 11.4. The topological polar surface area (TPSA) is 61.6 Å². The lowest BCUT2D eigenvalue weighted by Gasteiger charge is -2.05. The molecule has 4 nitrogen and oxygen atoms in total. The van der Waals surface area contributed by atoms with Crippen LogP contribution in [0.5, 0.6) is 0 Å². The lowest BCUT2D eigenvalue weighted by Crippen LogP contribution is -1.96. The number of hydrogen-bond acceptors (Lipinski definition) is 4. The van der Waals surface area contributed by atoms with Crippen LogP contribution in [0.15, 0.2) is 30.6 Å². The summed E-state index contributed by atoms with van der Waals surface area (Å²) in [7, 11) is 0. The first kappa shape index (κ1) is 11.0. The highest BCUT2D eigenvalue weighted by atomic mass is 19.2. The average Bonchev–Trinajstić information content (AvgIpc) is 2.34. The highest BCUT2D eigenvalue weighted by molar-refractivity contribution is 5.56. The first-order valence-corrected chi connectivity index (χ1v) is 4.63. The summed E-state index contributed by atoms with van der Waals surface area (Å²) in [5.41, 5.74) is 0.525. The van der Waals surface area contributed by atoms with E-state index in [2.05, 4.69) is 15.3 Å². The Bertz CT molecular complexity index is 592. The van der Waals surface area contributed by atoms with Crippen molar-refractivity contribution in [3.8, 4) is 6.07 Å². The second kappa shape index (κ2) is 4.53. The molecule has 2 aromatic rings. The maximum Gasteiger partial charge on any atom is 0.160 e. The van der Waals surface area contributed by atoms with Crippen LogP contribution in [-0.4, -0.2) is 9.97 Å². The Balaban J connectivity index is 2.25. The maximum absolute atomic E-state index is 12.9. The molecule has 0 aliphatic carbocycles. The lowest BCUT2D eigenvalue weighted by atomic mass is 10.3. The molecular weight excluding hydrogens is 226 g/mol. The summed E-state index contributed by atoms with van der Waals surface area (Å²) in [4.78, 5) is 7.53. The molecule has 0 spiro atoms. The molecule has 0 atom stereocenters. The molecule has 0 aliphatic rings. The van der Waals surface area contributed by atoms with Crippen LogP contribution in [0.4, 0.5) is 20.3 Å². The van der Waals surface area contributed by atoms with Gasteiger partial charge in [0.05, 0.1) is 0 Å². The molecule has 0 saturated carbocycles. The second-order valence-electron chi connectivity index (χ2n) is 3.15. The first-order valence-electron chi connectivity index (χ1n) is 4.63. The Morgan fingerprint density at radius 3 is 2.65 bits per heavy atom. The Hall–Kier alpha value is -2.55. The summed E-state index contributed by atoms with van der Waals surface area (Å²) in [5.74, 6) is -1.54. The van der Waals surface area contributed by atoms with Gasteiger partial charge < -0.3 is 5.32 Å². The molecule has 17 heavy (non-hydrogen) atoms. The third-order valence-electron chi connectivity index (χ3n) is 1.97. The van der Waals surface area contributed by atoms with Gasteiger partial charge in [-0.25, -0.2) is 18.7 Å². The summed E-state index contributed by atoms with van der Waals surface area (Å²) < 4.78 is 25.6. The first-order chi connectivity index (χ1) is 8.19. The SMILES string of the molecule is N#Cc1cc(Nc2ccc(F)c(F)c2)ncn1. The Kier molecular flexibility index (Phi) is 2.92. The minimum absolute atomic E-state index is 0.185. The molecule has 0 radical (unpaired) electrons. The minimum Gasteiger partial charge on any atom is -0.340 e. The van der Waals surface area contributed by atoms with Crippen molar-refractivity contribution in [1.82, 2.24) is 9.97 Å². The molecule has 2 rings (SSSR count). The van der Waals surface area contributed by atoms with Crippen LogP contribution in [0.25, 0.3) is 0 Å². The predicted molar refractivity (Wildman–Crippen MR) is 56.4 cm³/mol. The molecule has 1 heterocycles. The molecular formula is C11H6F2N4. The van der Waals surface area contributed by atoms with Crippen LogP contribution in [0.3, 0.4) is 0 Å². The summed E-state index contributed by atoms with van der Waals surface area (Å²) in [6.07, 6.45) is 1.21. The summed E-state index contributed by atoms with van der Waals surface area (Å²) in [6, 6.07) is 6.63. The van der Waals surface area contributed by atoms with Crippen molar-refractivity contribution in [2.75, 3.05) is 5.32 Å². The van der Waals surface area contributed by atoms with Crippen LogP contribution in [0, 0.1) is 23.0 Å². The predicted octanol–water partition coefficient (Wildman–Crippen LogP) is 2.37. The number of benzene rings is 1. The van der Waals surface area contributed by atoms with Crippen molar-refractivity contribution in [2.45, 2.75) is 0 Å². The van der Waals surface area contributed by atoms with E-state index in [1.165, 1.54) is 18.5 Å². The fourth-order valence-corrected chi connectivity index (χ4v) is 1.21. The van der Waals surface area contributed by atoms with Crippen molar-refractivity contribution >= 4 is 11.5 Å². The zero-order chi connectivity index (χ0) is 12.3. The summed E-state index contributed by atoms with van der Waals surface area (Å²) in [6.45, 7) is 0. The molecule has 0 aliphatic heterocycles. The standard InChI is InChI=1S/C11H6F2N4/c12-9-2-1-7(3-10(9)13)17-11-4-8(5-14)15-6-16-11/h1-4,6H,(H,15,16,17). The van der Waals surface area contributed by atoms with Crippen molar-refractivity contribution in [3.63, 3.8) is 0 Å². The second-order valence-corrected chi connectivity index (χ2v) is 3.15. The van der Waals surface area contributed by atoms with E-state index in [4.69, 9.17) is 5.26 Å². The van der Waals surface area contributed by atoms with Crippen molar-refractivity contribution in [3.05, 3.63) is 47.9 Å². The van der Waals surface area contributed by atoms with E-state index in [0.717, 1.165) is 12.1 Å². The number of aromatic nitrogens is 2. The van der Waals surface area contributed by atoms with Gasteiger partial charge in [-0.05, 0) is 12.1 Å². The molecule has 0 fully saturated rings. The van der Waals surface area contributed by atoms with Crippen LogP contribution in [0.1, 0.15) is 5.69 Å². The number of nitrogens with zero attached hydrogens (tertiary/aromatic N) is 3. The molecule has 0 unspecified atom stereocenters.